The molecule has 1 aliphatic rings. The Labute approximate surface area is 123 Å². The van der Waals surface area contributed by atoms with Gasteiger partial charge in [0.1, 0.15) is 6.04 Å². The van der Waals surface area contributed by atoms with Crippen LogP contribution in [0.15, 0.2) is 0 Å². The molecule has 0 bridgehead atoms. The van der Waals surface area contributed by atoms with E-state index in [-0.39, 0.29) is 17.2 Å². The molecule has 0 radical (unpaired) electrons. The molecular weight excluding hydrogens is 282 g/mol. The molecule has 1 aliphatic heterocycles. The van der Waals surface area contributed by atoms with Crippen LogP contribution in [0.4, 0.5) is 0 Å². The average Bonchev–Trinajstić information content (AvgIpc) is 2.79. The highest BCUT2D eigenvalue weighted by atomic mass is 32.2. The highest BCUT2D eigenvalue weighted by Gasteiger charge is 2.42. The van der Waals surface area contributed by atoms with Crippen LogP contribution in [-0.4, -0.2) is 50.6 Å². The van der Waals surface area contributed by atoms with E-state index in [1.165, 1.54) is 0 Å². The molecule has 0 aromatic heterocycles. The van der Waals surface area contributed by atoms with Gasteiger partial charge in [0.2, 0.25) is 5.91 Å². The van der Waals surface area contributed by atoms with Crippen molar-refractivity contribution in [2.45, 2.75) is 45.0 Å². The molecule has 4 nitrogen and oxygen atoms in total. The molecular formula is C13H23NO3S2. The monoisotopic (exact) mass is 305 g/mol. The van der Waals surface area contributed by atoms with Crippen LogP contribution in [0.3, 0.4) is 0 Å². The zero-order valence-electron chi connectivity index (χ0n) is 11.8. The SMILES string of the molecule is CCCCSCC(=O)N1C(C(=O)O)CSC1C(C)C. The fourth-order valence-electron chi connectivity index (χ4n) is 2.03. The second kappa shape index (κ2) is 8.04. The number of amides is 1. The summed E-state index contributed by atoms with van der Waals surface area (Å²) in [6.07, 6.45) is 2.22. The van der Waals surface area contributed by atoms with E-state index in [1.54, 1.807) is 28.4 Å². The maximum Gasteiger partial charge on any atom is 0.327 e. The highest BCUT2D eigenvalue weighted by molar-refractivity contribution is 8.00. The standard InChI is InChI=1S/C13H23NO3S2/c1-4-5-6-18-8-11(15)14-10(13(16)17)7-19-12(14)9(2)3/h9-10,12H,4-8H2,1-3H3,(H,16,17). The first-order valence-electron chi connectivity index (χ1n) is 6.72. The van der Waals surface area contributed by atoms with Crippen LogP contribution in [0.2, 0.25) is 0 Å². The van der Waals surface area contributed by atoms with Gasteiger partial charge in [-0.25, -0.2) is 4.79 Å². The minimum atomic E-state index is -0.887. The zero-order valence-corrected chi connectivity index (χ0v) is 13.4. The zero-order chi connectivity index (χ0) is 14.4. The van der Waals surface area contributed by atoms with E-state index in [9.17, 15) is 14.7 Å². The lowest BCUT2D eigenvalue weighted by Gasteiger charge is -2.29. The molecule has 0 saturated carbocycles. The van der Waals surface area contributed by atoms with Crippen molar-refractivity contribution in [3.63, 3.8) is 0 Å². The van der Waals surface area contributed by atoms with Crippen molar-refractivity contribution in [3.8, 4) is 0 Å². The van der Waals surface area contributed by atoms with Gasteiger partial charge >= 0.3 is 5.97 Å². The maximum atomic E-state index is 12.3. The summed E-state index contributed by atoms with van der Waals surface area (Å²) in [5, 5.41) is 9.23. The van der Waals surface area contributed by atoms with Crippen LogP contribution < -0.4 is 0 Å². The van der Waals surface area contributed by atoms with Crippen molar-refractivity contribution in [3.05, 3.63) is 0 Å². The lowest BCUT2D eigenvalue weighted by atomic mass is 10.1. The number of nitrogens with zero attached hydrogens (tertiary/aromatic N) is 1. The quantitative estimate of drug-likeness (QED) is 0.733. The molecule has 2 unspecified atom stereocenters. The first kappa shape index (κ1) is 16.7. The summed E-state index contributed by atoms with van der Waals surface area (Å²) < 4.78 is 0. The number of hydrogen-bond acceptors (Lipinski definition) is 4. The minimum Gasteiger partial charge on any atom is -0.480 e. The maximum absolute atomic E-state index is 12.3. The van der Waals surface area contributed by atoms with Gasteiger partial charge in [0.15, 0.2) is 0 Å². The molecule has 1 N–H and O–H groups in total. The predicted octanol–water partition coefficient (Wildman–Crippen LogP) is 2.53. The van der Waals surface area contributed by atoms with Crippen molar-refractivity contribution in [1.82, 2.24) is 4.90 Å². The molecule has 1 heterocycles. The molecule has 0 aromatic rings. The number of hydrogen-bond donors (Lipinski definition) is 1. The fourth-order valence-corrected chi connectivity index (χ4v) is 4.48. The third-order valence-electron chi connectivity index (χ3n) is 3.05. The molecule has 0 aromatic carbocycles. The highest BCUT2D eigenvalue weighted by Crippen LogP contribution is 2.34. The van der Waals surface area contributed by atoms with Crippen molar-refractivity contribution in [1.29, 1.82) is 0 Å². The molecule has 1 saturated heterocycles. The van der Waals surface area contributed by atoms with Gasteiger partial charge in [0, 0.05) is 5.75 Å². The van der Waals surface area contributed by atoms with Gasteiger partial charge in [-0.05, 0) is 18.1 Å². The molecule has 6 heteroatoms. The van der Waals surface area contributed by atoms with Gasteiger partial charge in [-0.2, -0.15) is 11.8 Å². The van der Waals surface area contributed by atoms with Gasteiger partial charge in [0.05, 0.1) is 11.1 Å². The van der Waals surface area contributed by atoms with E-state index in [1.807, 2.05) is 13.8 Å². The Morgan fingerprint density at radius 3 is 2.68 bits per heavy atom. The average molecular weight is 305 g/mol. The largest absolute Gasteiger partial charge is 0.480 e. The van der Waals surface area contributed by atoms with E-state index in [4.69, 9.17) is 0 Å². The number of rotatable bonds is 7. The molecule has 0 aliphatic carbocycles. The Hall–Kier alpha value is -0.360. The van der Waals surface area contributed by atoms with E-state index in [2.05, 4.69) is 6.92 Å². The number of carbonyl (C=O) groups is 2. The smallest absolute Gasteiger partial charge is 0.327 e. The summed E-state index contributed by atoms with van der Waals surface area (Å²) in [5.74, 6) is 1.23. The van der Waals surface area contributed by atoms with E-state index < -0.39 is 12.0 Å². The van der Waals surface area contributed by atoms with Gasteiger partial charge in [0.25, 0.3) is 0 Å². The Balaban J connectivity index is 2.62. The van der Waals surface area contributed by atoms with Crippen molar-refractivity contribution < 1.29 is 14.7 Å². The van der Waals surface area contributed by atoms with Gasteiger partial charge in [-0.1, -0.05) is 27.2 Å². The summed E-state index contributed by atoms with van der Waals surface area (Å²) in [4.78, 5) is 25.1. The van der Waals surface area contributed by atoms with Crippen LogP contribution >= 0.6 is 23.5 Å². The Morgan fingerprint density at radius 2 is 2.16 bits per heavy atom. The summed E-state index contributed by atoms with van der Waals surface area (Å²) in [6, 6.07) is -0.656. The number of carboxylic acid groups (broad SMARTS) is 1. The number of thioether (sulfide) groups is 2. The van der Waals surface area contributed by atoms with Crippen LogP contribution in [0.5, 0.6) is 0 Å². The molecule has 19 heavy (non-hydrogen) atoms. The third-order valence-corrected chi connectivity index (χ3v) is 5.70. The number of aliphatic carboxylic acids is 1. The normalized spacial score (nSPS) is 23.1. The number of unbranched alkanes of at least 4 members (excludes halogenated alkanes) is 1. The Kier molecular flexibility index (Phi) is 7.07. The first-order valence-corrected chi connectivity index (χ1v) is 8.92. The summed E-state index contributed by atoms with van der Waals surface area (Å²) >= 11 is 3.19. The lowest BCUT2D eigenvalue weighted by Crippen LogP contribution is -2.47. The number of carboxylic acids is 1. The van der Waals surface area contributed by atoms with Gasteiger partial charge < -0.3 is 10.0 Å². The molecule has 1 fully saturated rings. The lowest BCUT2D eigenvalue weighted by molar-refractivity contribution is -0.148. The summed E-state index contributed by atoms with van der Waals surface area (Å²) in [5.41, 5.74) is 0. The van der Waals surface area contributed by atoms with Crippen LogP contribution in [0.1, 0.15) is 33.6 Å². The summed E-state index contributed by atoms with van der Waals surface area (Å²) in [6.45, 7) is 6.19. The number of carbonyl (C=O) groups excluding carboxylic acids is 1. The second-order valence-electron chi connectivity index (χ2n) is 5.03. The van der Waals surface area contributed by atoms with E-state index in [0.717, 1.165) is 18.6 Å². The van der Waals surface area contributed by atoms with Crippen molar-refractivity contribution in [2.24, 2.45) is 5.92 Å². The topological polar surface area (TPSA) is 57.6 Å². The predicted molar refractivity (Wildman–Crippen MR) is 81.6 cm³/mol. The van der Waals surface area contributed by atoms with Gasteiger partial charge in [-0.15, -0.1) is 11.8 Å². The van der Waals surface area contributed by atoms with Crippen molar-refractivity contribution >= 4 is 35.4 Å². The Morgan fingerprint density at radius 1 is 1.47 bits per heavy atom. The van der Waals surface area contributed by atoms with E-state index >= 15 is 0 Å². The van der Waals surface area contributed by atoms with Crippen LogP contribution in [0.25, 0.3) is 0 Å². The van der Waals surface area contributed by atoms with E-state index in [0.29, 0.717) is 11.5 Å². The third kappa shape index (κ3) is 4.60. The van der Waals surface area contributed by atoms with Crippen LogP contribution in [-0.2, 0) is 9.59 Å². The molecule has 1 amide bonds. The minimum absolute atomic E-state index is 0.000347. The van der Waals surface area contributed by atoms with Crippen LogP contribution in [0, 0.1) is 5.92 Å². The Bertz CT molecular complexity index is 323. The second-order valence-corrected chi connectivity index (χ2v) is 7.28. The van der Waals surface area contributed by atoms with Crippen molar-refractivity contribution in [2.75, 3.05) is 17.3 Å². The fraction of sp³-hybridized carbons (Fsp3) is 0.846. The molecule has 0 spiro atoms. The summed E-state index contributed by atoms with van der Waals surface area (Å²) in [7, 11) is 0. The first-order chi connectivity index (χ1) is 8.99. The molecule has 1 rings (SSSR count). The molecule has 110 valence electrons. The molecule has 2 atom stereocenters. The van der Waals surface area contributed by atoms with Gasteiger partial charge in [-0.3, -0.25) is 4.79 Å².